The van der Waals surface area contributed by atoms with Crippen molar-refractivity contribution in [3.8, 4) is 23.2 Å². The topological polar surface area (TPSA) is 133 Å². The molecule has 0 amide bonds. The third-order valence-electron chi connectivity index (χ3n) is 8.78. The molecule has 0 bridgehead atoms. The van der Waals surface area contributed by atoms with Crippen LogP contribution in [0.15, 0.2) is 46.8 Å². The molecule has 4 aliphatic rings. The molecule has 5 N–H and O–H groups in total. The molecule has 0 aliphatic carbocycles. The van der Waals surface area contributed by atoms with E-state index in [0.29, 0.717) is 62.5 Å². The molecule has 4 aliphatic heterocycles. The summed E-state index contributed by atoms with van der Waals surface area (Å²) in [6.07, 6.45) is 7.64. The number of rotatable bonds is 7. The lowest BCUT2D eigenvalue weighted by atomic mass is 9.88. The van der Waals surface area contributed by atoms with Crippen LogP contribution in [0.3, 0.4) is 0 Å². The Kier molecular flexibility index (Phi) is 7.95. The van der Waals surface area contributed by atoms with Crippen molar-refractivity contribution < 1.29 is 13.9 Å². The van der Waals surface area contributed by atoms with Crippen molar-refractivity contribution in [1.29, 1.82) is 5.26 Å². The quantitative estimate of drug-likeness (QED) is 0.270. The molecule has 2 aromatic carbocycles. The van der Waals surface area contributed by atoms with Gasteiger partial charge < -0.3 is 31.4 Å². The molecule has 2 unspecified atom stereocenters. The first-order valence-corrected chi connectivity index (χ1v) is 16.2. The van der Waals surface area contributed by atoms with E-state index >= 15 is 4.39 Å². The van der Waals surface area contributed by atoms with Gasteiger partial charge in [-0.25, -0.2) is 4.39 Å². The van der Waals surface area contributed by atoms with Crippen LogP contribution < -0.4 is 26.6 Å². The van der Waals surface area contributed by atoms with Crippen molar-refractivity contribution in [3.05, 3.63) is 69.4 Å². The summed E-state index contributed by atoms with van der Waals surface area (Å²) in [7, 11) is 2.10. The number of hydrazine groups is 1. The number of thioether (sulfide) groups is 1. The van der Waals surface area contributed by atoms with Gasteiger partial charge in [-0.3, -0.25) is 4.90 Å². The highest BCUT2D eigenvalue weighted by Gasteiger charge is 2.33. The second-order valence-corrected chi connectivity index (χ2v) is 12.9. The van der Waals surface area contributed by atoms with Crippen molar-refractivity contribution in [2.45, 2.75) is 50.0 Å². The number of ether oxygens (including phenoxy) is 2. The number of nitriles is 1. The minimum Gasteiger partial charge on any atom is -0.459 e. The molecule has 0 radical (unpaired) electrons. The number of anilines is 1. The molecule has 5 heterocycles. The third kappa shape index (κ3) is 5.23. The summed E-state index contributed by atoms with van der Waals surface area (Å²) in [5.41, 5.74) is 17.8. The van der Waals surface area contributed by atoms with Gasteiger partial charge in [-0.15, -0.1) is 11.8 Å². The maximum atomic E-state index is 15.1. The van der Waals surface area contributed by atoms with E-state index < -0.39 is 5.82 Å². The highest BCUT2D eigenvalue weighted by Crippen LogP contribution is 2.50. The van der Waals surface area contributed by atoms with E-state index in [-0.39, 0.29) is 30.3 Å². The third-order valence-corrected chi connectivity index (χ3v) is 10.3. The molecule has 10 nitrogen and oxygen atoms in total. The van der Waals surface area contributed by atoms with Gasteiger partial charge in [0.05, 0.1) is 51.8 Å². The lowest BCUT2D eigenvalue weighted by molar-refractivity contribution is 0.112. The van der Waals surface area contributed by atoms with Crippen LogP contribution in [0.1, 0.15) is 36.5 Å². The number of nitrogens with one attached hydrogen (secondary N) is 3. The van der Waals surface area contributed by atoms with E-state index in [1.165, 1.54) is 17.8 Å². The monoisotopic (exact) mass is 646 g/mol. The van der Waals surface area contributed by atoms with E-state index in [9.17, 15) is 5.26 Å². The number of hydrogen-bond acceptors (Lipinski definition) is 11. The summed E-state index contributed by atoms with van der Waals surface area (Å²) in [6.45, 7) is 4.08. The Balaban J connectivity index is 1.43. The van der Waals surface area contributed by atoms with Gasteiger partial charge in [0.15, 0.2) is 0 Å². The van der Waals surface area contributed by atoms with Gasteiger partial charge in [-0.05, 0) is 68.3 Å². The van der Waals surface area contributed by atoms with Gasteiger partial charge in [0.2, 0.25) is 0 Å². The van der Waals surface area contributed by atoms with Gasteiger partial charge in [0.25, 0.3) is 0 Å². The summed E-state index contributed by atoms with van der Waals surface area (Å²) in [6, 6.07) is 5.72. The number of fused-ring (bicyclic) bond motifs is 4. The van der Waals surface area contributed by atoms with Crippen molar-refractivity contribution in [1.82, 2.24) is 25.7 Å². The fraction of sp³-hybridized carbons (Fsp3) is 0.344. The Morgan fingerprint density at radius 2 is 2.16 bits per heavy atom. The minimum atomic E-state index is -0.408. The van der Waals surface area contributed by atoms with E-state index in [0.717, 1.165) is 41.6 Å². The maximum absolute atomic E-state index is 15.1. The fourth-order valence-corrected chi connectivity index (χ4v) is 7.94. The summed E-state index contributed by atoms with van der Waals surface area (Å²) in [5.74, 6) is 0.485. The molecule has 232 valence electrons. The van der Waals surface area contributed by atoms with E-state index in [4.69, 9.17) is 36.8 Å². The molecule has 1 fully saturated rings. The predicted molar refractivity (Wildman–Crippen MR) is 174 cm³/mol. The number of nitrogens with two attached hydrogens (primary N) is 1. The van der Waals surface area contributed by atoms with Crippen molar-refractivity contribution in [2.24, 2.45) is 5.73 Å². The SMILES string of the molecule is CC(Oc1nc(NCC2=CC=CNN2)c2c3c(c(-c4ccc(F)c5c4C(C#N)=C(N)CS5)c(Cl)c2n1)COC3)C1CCCN1C. The number of nitrogens with zero attached hydrogens (tertiary/aromatic N) is 4. The molecular weight excluding hydrogens is 615 g/mol. The van der Waals surface area contributed by atoms with Gasteiger partial charge in [0, 0.05) is 34.8 Å². The molecular formula is C32H32ClFN8O2S. The highest BCUT2D eigenvalue weighted by atomic mass is 35.5. The lowest BCUT2D eigenvalue weighted by Gasteiger charge is -2.26. The van der Waals surface area contributed by atoms with Crippen LogP contribution in [-0.4, -0.2) is 52.9 Å². The fourth-order valence-electron chi connectivity index (χ4n) is 6.58. The molecule has 13 heteroatoms. The zero-order chi connectivity index (χ0) is 31.2. The van der Waals surface area contributed by atoms with Gasteiger partial charge >= 0.3 is 6.01 Å². The molecule has 45 heavy (non-hydrogen) atoms. The molecule has 1 aromatic heterocycles. The van der Waals surface area contributed by atoms with Crippen LogP contribution in [0.5, 0.6) is 6.01 Å². The highest BCUT2D eigenvalue weighted by molar-refractivity contribution is 7.99. The minimum absolute atomic E-state index is 0.164. The molecule has 2 atom stereocenters. The second kappa shape index (κ2) is 12.1. The van der Waals surface area contributed by atoms with Crippen LogP contribution >= 0.6 is 23.4 Å². The first-order valence-electron chi connectivity index (χ1n) is 14.8. The summed E-state index contributed by atoms with van der Waals surface area (Å²) < 4.78 is 27.6. The van der Waals surface area contributed by atoms with Gasteiger partial charge in [0.1, 0.15) is 23.8 Å². The van der Waals surface area contributed by atoms with Gasteiger partial charge in [-0.2, -0.15) is 15.2 Å². The number of likely N-dealkylation sites (N-methyl/N-ethyl adjacent to an activating group) is 1. The molecule has 0 spiro atoms. The average Bonchev–Trinajstić information content (AvgIpc) is 3.70. The largest absolute Gasteiger partial charge is 0.459 e. The van der Waals surface area contributed by atoms with E-state index in [2.05, 4.69) is 34.2 Å². The number of allylic oxidation sites excluding steroid dienone is 3. The molecule has 7 rings (SSSR count). The summed E-state index contributed by atoms with van der Waals surface area (Å²) >= 11 is 8.61. The number of likely N-dealkylation sites (tertiary alicyclic amines) is 1. The molecule has 0 saturated carbocycles. The summed E-state index contributed by atoms with van der Waals surface area (Å²) in [4.78, 5) is 12.4. The first-order chi connectivity index (χ1) is 21.9. The molecule has 1 saturated heterocycles. The van der Waals surface area contributed by atoms with E-state index in [1.807, 2.05) is 19.1 Å². The number of aromatic nitrogens is 2. The maximum Gasteiger partial charge on any atom is 0.319 e. The Labute approximate surface area is 269 Å². The van der Waals surface area contributed by atoms with E-state index in [1.54, 1.807) is 12.3 Å². The zero-order valence-corrected chi connectivity index (χ0v) is 26.4. The van der Waals surface area contributed by atoms with Crippen LogP contribution in [0.4, 0.5) is 10.2 Å². The Bertz CT molecular complexity index is 1860. The van der Waals surface area contributed by atoms with Crippen LogP contribution in [0, 0.1) is 17.1 Å². The number of hydrogen-bond donors (Lipinski definition) is 4. The van der Waals surface area contributed by atoms with Crippen LogP contribution in [0.25, 0.3) is 27.6 Å². The van der Waals surface area contributed by atoms with Crippen LogP contribution in [0.2, 0.25) is 5.02 Å². The van der Waals surface area contributed by atoms with Gasteiger partial charge in [-0.1, -0.05) is 17.7 Å². The molecule has 3 aromatic rings. The normalized spacial score (nSPS) is 19.8. The van der Waals surface area contributed by atoms with Crippen molar-refractivity contribution >= 4 is 45.7 Å². The Morgan fingerprint density at radius 1 is 1.31 bits per heavy atom. The first kappa shape index (κ1) is 29.7. The average molecular weight is 647 g/mol. The van der Waals surface area contributed by atoms with Crippen LogP contribution in [-0.2, 0) is 18.0 Å². The summed E-state index contributed by atoms with van der Waals surface area (Å²) in [5, 5.41) is 14.6. The smallest absolute Gasteiger partial charge is 0.319 e. The standard InChI is InChI=1S/C32H32ClFN8O2S/c1-16(24-6-4-10-42(24)2)44-32-39-29-27(31(40-32)37-12-17-5-3-9-38-41-17)21-14-43-13-20(21)25(28(29)33)18-7-8-22(34)30-26(18)19(11-35)23(36)15-45-30/h3,5,7-9,16,24,38,41H,4,6,10,12-15,36H2,1-2H3,(H,37,39,40). The van der Waals surface area contributed by atoms with Crippen molar-refractivity contribution in [3.63, 3.8) is 0 Å². The number of benzene rings is 2. The Morgan fingerprint density at radius 3 is 2.91 bits per heavy atom. The second-order valence-electron chi connectivity index (χ2n) is 11.5. The van der Waals surface area contributed by atoms with Crippen molar-refractivity contribution in [2.75, 3.05) is 31.2 Å². The number of halogens is 2. The predicted octanol–water partition coefficient (Wildman–Crippen LogP) is 5.20. The lowest BCUT2D eigenvalue weighted by Crippen LogP contribution is -2.38. The zero-order valence-electron chi connectivity index (χ0n) is 24.8. The Hall–Kier alpha value is -4.02.